The van der Waals surface area contributed by atoms with Gasteiger partial charge >= 0.3 is 16.1 Å². The van der Waals surface area contributed by atoms with Gasteiger partial charge in [0.25, 0.3) is 0 Å². The van der Waals surface area contributed by atoms with Gasteiger partial charge in [-0.1, -0.05) is 18.2 Å². The average Bonchev–Trinajstić information content (AvgIpc) is 2.61. The fourth-order valence-corrected chi connectivity index (χ4v) is 3.37. The first-order valence-corrected chi connectivity index (χ1v) is 9.98. The predicted octanol–water partition coefficient (Wildman–Crippen LogP) is 3.53. The second-order valence-corrected chi connectivity index (χ2v) is 7.70. The Hall–Kier alpha value is -2.61. The summed E-state index contributed by atoms with van der Waals surface area (Å²) in [5.74, 6) is -0.416. The van der Waals surface area contributed by atoms with Crippen LogP contribution in [-0.2, 0) is 16.7 Å². The molecule has 2 amide bonds. The van der Waals surface area contributed by atoms with Crippen LogP contribution in [0.15, 0.2) is 53.4 Å². The third-order valence-electron chi connectivity index (χ3n) is 3.83. The normalized spacial score (nSPS) is 11.3. The highest BCUT2D eigenvalue weighted by Gasteiger charge is 2.22. The Kier molecular flexibility index (Phi) is 6.79. The Labute approximate surface area is 159 Å². The molecule has 27 heavy (non-hydrogen) atoms. The van der Waals surface area contributed by atoms with Crippen molar-refractivity contribution in [1.82, 2.24) is 10.2 Å². The van der Waals surface area contributed by atoms with Gasteiger partial charge in [0.2, 0.25) is 0 Å². The molecule has 6 nitrogen and oxygen atoms in total. The first-order valence-electron chi connectivity index (χ1n) is 8.57. The molecule has 0 saturated carbocycles. The molecule has 0 saturated heterocycles. The van der Waals surface area contributed by atoms with Crippen molar-refractivity contribution < 1.29 is 21.8 Å². The summed E-state index contributed by atoms with van der Waals surface area (Å²) in [5.41, 5.74) is 0.545. The zero-order chi connectivity index (χ0) is 20.0. The summed E-state index contributed by atoms with van der Waals surface area (Å²) in [6.07, 6.45) is 0. The van der Waals surface area contributed by atoms with Gasteiger partial charge in [-0.25, -0.2) is 9.18 Å². The molecule has 146 valence electrons. The number of carbonyl (C=O) groups excluding carboxylic acids is 1. The number of amides is 2. The lowest BCUT2D eigenvalue weighted by atomic mass is 10.1. The lowest BCUT2D eigenvalue weighted by Crippen LogP contribution is -2.43. The molecule has 0 radical (unpaired) electrons. The van der Waals surface area contributed by atoms with Crippen LogP contribution in [0.3, 0.4) is 0 Å². The molecule has 2 aromatic rings. The van der Waals surface area contributed by atoms with E-state index in [2.05, 4.69) is 5.32 Å². The van der Waals surface area contributed by atoms with Gasteiger partial charge in [-0.05, 0) is 51.1 Å². The van der Waals surface area contributed by atoms with E-state index < -0.39 is 15.9 Å². The summed E-state index contributed by atoms with van der Waals surface area (Å²) in [4.78, 5) is 13.7. The Bertz CT molecular complexity index is 883. The molecule has 2 rings (SSSR count). The van der Waals surface area contributed by atoms with E-state index in [1.54, 1.807) is 23.1 Å². The van der Waals surface area contributed by atoms with E-state index in [-0.39, 0.29) is 29.3 Å². The molecule has 0 heterocycles. The number of rotatable bonds is 7. The Morgan fingerprint density at radius 1 is 1.15 bits per heavy atom. The average molecular weight is 394 g/mol. The van der Waals surface area contributed by atoms with Gasteiger partial charge in [-0.15, -0.1) is 0 Å². The van der Waals surface area contributed by atoms with Gasteiger partial charge in [0.05, 0.1) is 6.54 Å². The van der Waals surface area contributed by atoms with Crippen molar-refractivity contribution >= 4 is 16.1 Å². The van der Waals surface area contributed by atoms with Crippen LogP contribution in [0, 0.1) is 5.82 Å². The summed E-state index contributed by atoms with van der Waals surface area (Å²) in [7, 11) is -4.12. The SMILES string of the molecule is CCNC(=O)N(Cc1ccccc1OS(=O)(=O)c1ccc(F)cc1)C(C)C. The van der Waals surface area contributed by atoms with Crippen molar-refractivity contribution in [3.05, 3.63) is 59.9 Å². The van der Waals surface area contributed by atoms with E-state index >= 15 is 0 Å². The highest BCUT2D eigenvalue weighted by Crippen LogP contribution is 2.25. The highest BCUT2D eigenvalue weighted by atomic mass is 32.2. The molecule has 0 unspecified atom stereocenters. The van der Waals surface area contributed by atoms with Crippen LogP contribution in [-0.4, -0.2) is 31.9 Å². The fraction of sp³-hybridized carbons (Fsp3) is 0.316. The minimum Gasteiger partial charge on any atom is -0.379 e. The van der Waals surface area contributed by atoms with Crippen LogP contribution in [0.1, 0.15) is 26.3 Å². The number of hydrogen-bond donors (Lipinski definition) is 1. The molecule has 0 aliphatic carbocycles. The molecule has 8 heteroatoms. The van der Waals surface area contributed by atoms with Crippen LogP contribution in [0.2, 0.25) is 0 Å². The predicted molar refractivity (Wildman–Crippen MR) is 100 cm³/mol. The van der Waals surface area contributed by atoms with Gasteiger partial charge in [0, 0.05) is 18.2 Å². The van der Waals surface area contributed by atoms with Gasteiger partial charge in [0.1, 0.15) is 16.5 Å². The first-order chi connectivity index (χ1) is 12.7. The van der Waals surface area contributed by atoms with E-state index in [1.807, 2.05) is 20.8 Å². The zero-order valence-corrected chi connectivity index (χ0v) is 16.3. The van der Waals surface area contributed by atoms with Gasteiger partial charge in [0.15, 0.2) is 0 Å². The molecule has 2 aromatic carbocycles. The highest BCUT2D eigenvalue weighted by molar-refractivity contribution is 7.87. The second kappa shape index (κ2) is 8.85. The maximum absolute atomic E-state index is 13.0. The van der Waals surface area contributed by atoms with Gasteiger partial charge in [-0.2, -0.15) is 8.42 Å². The molecule has 1 N–H and O–H groups in total. The molecule has 0 aliphatic heterocycles. The van der Waals surface area contributed by atoms with Crippen molar-refractivity contribution in [2.45, 2.75) is 38.3 Å². The number of benzene rings is 2. The fourth-order valence-electron chi connectivity index (χ4n) is 2.41. The van der Waals surface area contributed by atoms with E-state index in [0.717, 1.165) is 24.3 Å². The first kappa shape index (κ1) is 20.7. The van der Waals surface area contributed by atoms with Crippen molar-refractivity contribution in [3.8, 4) is 5.75 Å². The molecule has 0 spiro atoms. The Morgan fingerprint density at radius 3 is 2.37 bits per heavy atom. The molecular weight excluding hydrogens is 371 g/mol. The maximum atomic E-state index is 13.0. The van der Waals surface area contributed by atoms with Gasteiger partial charge < -0.3 is 14.4 Å². The number of nitrogens with zero attached hydrogens (tertiary/aromatic N) is 1. The van der Waals surface area contributed by atoms with Crippen LogP contribution >= 0.6 is 0 Å². The topological polar surface area (TPSA) is 75.7 Å². The van der Waals surface area contributed by atoms with E-state index in [0.29, 0.717) is 12.1 Å². The van der Waals surface area contributed by atoms with Crippen molar-refractivity contribution in [2.24, 2.45) is 0 Å². The van der Waals surface area contributed by atoms with Crippen LogP contribution in [0.4, 0.5) is 9.18 Å². The number of hydrogen-bond acceptors (Lipinski definition) is 4. The van der Waals surface area contributed by atoms with Crippen molar-refractivity contribution in [3.63, 3.8) is 0 Å². The monoisotopic (exact) mass is 394 g/mol. The second-order valence-electron chi connectivity index (χ2n) is 6.16. The number of halogens is 1. The molecule has 0 fully saturated rings. The standard InChI is InChI=1S/C19H23FN2O4S/c1-4-21-19(23)22(14(2)3)13-15-7-5-6-8-18(15)26-27(24,25)17-11-9-16(20)10-12-17/h5-12,14H,4,13H2,1-3H3,(H,21,23). The number of para-hydroxylation sites is 1. The van der Waals surface area contributed by atoms with Crippen LogP contribution in [0.25, 0.3) is 0 Å². The summed E-state index contributed by atoms with van der Waals surface area (Å²) in [6.45, 7) is 6.22. The summed E-state index contributed by atoms with van der Waals surface area (Å²) < 4.78 is 43.3. The smallest absolute Gasteiger partial charge is 0.339 e. The number of carbonyl (C=O) groups is 1. The minimum atomic E-state index is -4.12. The Balaban J connectivity index is 2.29. The van der Waals surface area contributed by atoms with Crippen molar-refractivity contribution in [2.75, 3.05) is 6.54 Å². The molecule has 0 aromatic heterocycles. The lowest BCUT2D eigenvalue weighted by Gasteiger charge is -2.27. The zero-order valence-electron chi connectivity index (χ0n) is 15.5. The molecule has 0 bridgehead atoms. The summed E-state index contributed by atoms with van der Waals surface area (Å²) >= 11 is 0. The van der Waals surface area contributed by atoms with E-state index in [4.69, 9.17) is 4.18 Å². The third-order valence-corrected chi connectivity index (χ3v) is 5.08. The lowest BCUT2D eigenvalue weighted by molar-refractivity contribution is 0.180. The molecule has 0 atom stereocenters. The summed E-state index contributed by atoms with van der Waals surface area (Å²) in [6, 6.07) is 10.6. The van der Waals surface area contributed by atoms with Crippen LogP contribution < -0.4 is 9.50 Å². The third kappa shape index (κ3) is 5.43. The summed E-state index contributed by atoms with van der Waals surface area (Å²) in [5, 5.41) is 2.74. The molecular formula is C19H23FN2O4S. The largest absolute Gasteiger partial charge is 0.379 e. The van der Waals surface area contributed by atoms with E-state index in [9.17, 15) is 17.6 Å². The maximum Gasteiger partial charge on any atom is 0.339 e. The van der Waals surface area contributed by atoms with E-state index in [1.165, 1.54) is 6.07 Å². The van der Waals surface area contributed by atoms with Crippen LogP contribution in [0.5, 0.6) is 5.75 Å². The number of urea groups is 1. The molecule has 0 aliphatic rings. The Morgan fingerprint density at radius 2 is 1.78 bits per heavy atom. The van der Waals surface area contributed by atoms with Gasteiger partial charge in [-0.3, -0.25) is 0 Å². The van der Waals surface area contributed by atoms with Crippen molar-refractivity contribution in [1.29, 1.82) is 0 Å². The number of nitrogens with one attached hydrogen (secondary N) is 1. The quantitative estimate of drug-likeness (QED) is 0.729. The minimum absolute atomic E-state index is 0.0988.